The molecule has 0 aromatic heterocycles. The van der Waals surface area contributed by atoms with E-state index in [1.54, 1.807) is 66.8 Å². The van der Waals surface area contributed by atoms with Crippen LogP contribution in [0.3, 0.4) is 0 Å². The number of esters is 1. The molecule has 0 bridgehead atoms. The number of carboxylic acid groups (broad SMARTS) is 1. The Morgan fingerprint density at radius 3 is 2.43 bits per heavy atom. The van der Waals surface area contributed by atoms with Gasteiger partial charge >= 0.3 is 11.9 Å². The zero-order chi connectivity index (χ0) is 26.0. The fraction of sp³-hybridized carbons (Fsp3) is 0.0968. The molecule has 0 amide bonds. The van der Waals surface area contributed by atoms with Crippen molar-refractivity contribution in [3.8, 4) is 0 Å². The minimum atomic E-state index is -1.90. The highest BCUT2D eigenvalue weighted by Gasteiger charge is 2.47. The van der Waals surface area contributed by atoms with Gasteiger partial charge in [-0.2, -0.15) is 0 Å². The molecule has 1 N–H and O–H groups in total. The van der Waals surface area contributed by atoms with Gasteiger partial charge in [0.1, 0.15) is 12.9 Å². The molecular weight excluding hydrogens is 468 g/mol. The molecule has 0 saturated heterocycles. The molecule has 6 nitrogen and oxygen atoms in total. The van der Waals surface area contributed by atoms with Crippen LogP contribution in [0.1, 0.15) is 26.3 Å². The van der Waals surface area contributed by atoms with Gasteiger partial charge in [0.2, 0.25) is 0 Å². The van der Waals surface area contributed by atoms with E-state index in [4.69, 9.17) is 4.74 Å². The monoisotopic (exact) mass is 490 g/mol. The average molecular weight is 491 g/mol. The number of carbonyl (C=O) groups excluding carboxylic acids is 3. The van der Waals surface area contributed by atoms with Crippen LogP contribution >= 0.6 is 0 Å². The Bertz CT molecular complexity index is 1560. The third kappa shape index (κ3) is 4.34. The van der Waals surface area contributed by atoms with Crippen molar-refractivity contribution in [1.29, 1.82) is 0 Å². The van der Waals surface area contributed by atoms with E-state index in [1.807, 2.05) is 18.2 Å². The molecule has 3 aromatic rings. The molecule has 0 aliphatic heterocycles. The van der Waals surface area contributed by atoms with Gasteiger partial charge in [-0.25, -0.2) is 4.79 Å². The highest BCUT2D eigenvalue weighted by Crippen LogP contribution is 2.40. The maximum Gasteiger partial charge on any atom is 0.337 e. The van der Waals surface area contributed by atoms with Crippen molar-refractivity contribution in [2.45, 2.75) is 6.61 Å². The molecule has 3 aromatic carbocycles. The SMILES string of the molecule is O=CC1C=CC2=CC(C(=O)OCc3ccccc3)(C(=O)c3ccc4ccccc4c3C(=O)O)C=CC2=C1. The minimum absolute atomic E-state index is 0.0546. The van der Waals surface area contributed by atoms with Gasteiger partial charge in [-0.05, 0) is 39.6 Å². The quantitative estimate of drug-likeness (QED) is 0.210. The Morgan fingerprint density at radius 1 is 0.919 bits per heavy atom. The van der Waals surface area contributed by atoms with E-state index in [0.717, 1.165) is 11.8 Å². The predicted molar refractivity (Wildman–Crippen MR) is 138 cm³/mol. The number of allylic oxidation sites excluding steroid dienone is 6. The number of rotatable bonds is 7. The molecule has 37 heavy (non-hydrogen) atoms. The van der Waals surface area contributed by atoms with Crippen molar-refractivity contribution in [3.63, 3.8) is 0 Å². The first kappa shape index (κ1) is 23.9. The van der Waals surface area contributed by atoms with Gasteiger partial charge in [0, 0.05) is 5.56 Å². The van der Waals surface area contributed by atoms with Gasteiger partial charge in [-0.3, -0.25) is 9.59 Å². The number of carbonyl (C=O) groups is 4. The molecular formula is C31H22O6. The molecule has 2 aliphatic rings. The normalized spacial score (nSPS) is 19.9. The summed E-state index contributed by atoms with van der Waals surface area (Å²) in [5.74, 6) is -3.21. The summed E-state index contributed by atoms with van der Waals surface area (Å²) in [5, 5.41) is 11.1. The number of fused-ring (bicyclic) bond motifs is 2. The maximum atomic E-state index is 14.2. The smallest absolute Gasteiger partial charge is 0.337 e. The molecule has 6 heteroatoms. The van der Waals surface area contributed by atoms with Crippen molar-refractivity contribution in [2.75, 3.05) is 0 Å². The summed E-state index contributed by atoms with van der Waals surface area (Å²) < 4.78 is 5.62. The van der Waals surface area contributed by atoms with E-state index in [2.05, 4.69) is 0 Å². The summed E-state index contributed by atoms with van der Waals surface area (Å²) >= 11 is 0. The summed E-state index contributed by atoms with van der Waals surface area (Å²) in [5.41, 5.74) is -0.158. The van der Waals surface area contributed by atoms with E-state index in [9.17, 15) is 24.3 Å². The zero-order valence-electron chi connectivity index (χ0n) is 19.7. The van der Waals surface area contributed by atoms with Crippen LogP contribution in [-0.2, 0) is 20.9 Å². The minimum Gasteiger partial charge on any atom is -0.478 e. The van der Waals surface area contributed by atoms with Crippen molar-refractivity contribution < 1.29 is 29.0 Å². The van der Waals surface area contributed by atoms with Crippen LogP contribution < -0.4 is 0 Å². The lowest BCUT2D eigenvalue weighted by Gasteiger charge is -2.30. The van der Waals surface area contributed by atoms with E-state index in [-0.39, 0.29) is 17.7 Å². The second-order valence-electron chi connectivity index (χ2n) is 8.90. The lowest BCUT2D eigenvalue weighted by Crippen LogP contribution is -2.40. The summed E-state index contributed by atoms with van der Waals surface area (Å²) in [6.45, 7) is -0.0546. The van der Waals surface area contributed by atoms with Crippen molar-refractivity contribution in [2.24, 2.45) is 11.3 Å². The molecule has 2 aliphatic carbocycles. The number of Topliss-reactive ketones (excluding diaryl/α,β-unsaturated/α-hetero) is 1. The number of hydrogen-bond acceptors (Lipinski definition) is 5. The lowest BCUT2D eigenvalue weighted by molar-refractivity contribution is -0.149. The summed E-state index contributed by atoms with van der Waals surface area (Å²) in [4.78, 5) is 51.5. The van der Waals surface area contributed by atoms with Crippen LogP contribution in [0.15, 0.2) is 114 Å². The van der Waals surface area contributed by atoms with Gasteiger partial charge in [-0.15, -0.1) is 0 Å². The van der Waals surface area contributed by atoms with E-state index >= 15 is 0 Å². The van der Waals surface area contributed by atoms with Crippen LogP contribution in [0.5, 0.6) is 0 Å². The second kappa shape index (κ2) is 9.66. The first-order chi connectivity index (χ1) is 17.9. The number of carboxylic acids is 1. The number of benzene rings is 3. The third-order valence-electron chi connectivity index (χ3n) is 6.58. The number of ether oxygens (including phenoxy) is 1. The number of aromatic carboxylic acids is 1. The topological polar surface area (TPSA) is 97.7 Å². The van der Waals surface area contributed by atoms with Crippen molar-refractivity contribution >= 4 is 34.8 Å². The fourth-order valence-corrected chi connectivity index (χ4v) is 4.67. The standard InChI is InChI=1S/C31H22O6/c32-18-21-10-11-24-17-31(15-14-23(24)16-21,30(36)37-19-20-6-2-1-3-7-20)28(33)26-13-12-22-8-4-5-9-25(22)27(26)29(34)35/h1-18,21H,19H2,(H,34,35). The average Bonchev–Trinajstić information content (AvgIpc) is 2.94. The van der Waals surface area contributed by atoms with Crippen LogP contribution in [0.25, 0.3) is 10.8 Å². The van der Waals surface area contributed by atoms with Gasteiger partial charge < -0.3 is 14.6 Å². The molecule has 182 valence electrons. The summed E-state index contributed by atoms with van der Waals surface area (Å²) in [7, 11) is 0. The molecule has 0 radical (unpaired) electrons. The van der Waals surface area contributed by atoms with Gasteiger partial charge in [0.05, 0.1) is 11.5 Å². The van der Waals surface area contributed by atoms with Gasteiger partial charge in [0.15, 0.2) is 11.2 Å². The fourth-order valence-electron chi connectivity index (χ4n) is 4.67. The molecule has 0 fully saturated rings. The van der Waals surface area contributed by atoms with Crippen LogP contribution in [0.4, 0.5) is 0 Å². The molecule has 2 unspecified atom stereocenters. The number of ketones is 1. The summed E-state index contributed by atoms with van der Waals surface area (Å²) in [6.07, 6.45) is 10.4. The van der Waals surface area contributed by atoms with Crippen molar-refractivity contribution in [1.82, 2.24) is 0 Å². The van der Waals surface area contributed by atoms with E-state index in [0.29, 0.717) is 21.9 Å². The Balaban J connectivity index is 1.63. The van der Waals surface area contributed by atoms with Gasteiger partial charge in [0.25, 0.3) is 0 Å². The first-order valence-corrected chi connectivity index (χ1v) is 11.7. The third-order valence-corrected chi connectivity index (χ3v) is 6.58. The Morgan fingerprint density at radius 2 is 1.68 bits per heavy atom. The predicted octanol–water partition coefficient (Wildman–Crippen LogP) is 5.26. The van der Waals surface area contributed by atoms with E-state index in [1.165, 1.54) is 18.2 Å². The van der Waals surface area contributed by atoms with E-state index < -0.39 is 29.1 Å². The zero-order valence-corrected chi connectivity index (χ0v) is 19.7. The van der Waals surface area contributed by atoms with Gasteiger partial charge in [-0.1, -0.05) is 91.0 Å². The number of aldehydes is 1. The molecule has 0 spiro atoms. The Hall–Kier alpha value is -4.84. The van der Waals surface area contributed by atoms with Crippen LogP contribution in [0.2, 0.25) is 0 Å². The molecule has 0 saturated carbocycles. The maximum absolute atomic E-state index is 14.2. The number of hydrogen-bond donors (Lipinski definition) is 1. The Kier molecular flexibility index (Phi) is 6.24. The summed E-state index contributed by atoms with van der Waals surface area (Å²) in [6, 6.07) is 19.0. The molecule has 5 rings (SSSR count). The highest BCUT2D eigenvalue weighted by molar-refractivity contribution is 6.22. The van der Waals surface area contributed by atoms with Crippen LogP contribution in [0, 0.1) is 11.3 Å². The highest BCUT2D eigenvalue weighted by atomic mass is 16.5. The largest absolute Gasteiger partial charge is 0.478 e. The molecule has 2 atom stereocenters. The Labute approximate surface area is 212 Å². The van der Waals surface area contributed by atoms with Crippen LogP contribution in [-0.4, -0.2) is 29.1 Å². The lowest BCUT2D eigenvalue weighted by atomic mass is 9.72. The second-order valence-corrected chi connectivity index (χ2v) is 8.90. The molecule has 0 heterocycles. The van der Waals surface area contributed by atoms with Crippen molar-refractivity contribution in [3.05, 3.63) is 131 Å². The first-order valence-electron chi connectivity index (χ1n) is 11.7.